The van der Waals surface area contributed by atoms with Crippen molar-refractivity contribution in [2.45, 2.75) is 6.92 Å². The van der Waals surface area contributed by atoms with Crippen LogP contribution in [0.25, 0.3) is 0 Å². The fourth-order valence-electron chi connectivity index (χ4n) is 0.678. The van der Waals surface area contributed by atoms with Crippen molar-refractivity contribution in [3.05, 3.63) is 23.9 Å². The lowest BCUT2D eigenvalue weighted by molar-refractivity contribution is 0.209. The van der Waals surface area contributed by atoms with Crippen molar-refractivity contribution in [2.24, 2.45) is 5.73 Å². The molecule has 1 aromatic heterocycles. The molecule has 4 heteroatoms. The highest BCUT2D eigenvalue weighted by molar-refractivity contribution is 5.67. The Labute approximate surface area is 64.0 Å². The summed E-state index contributed by atoms with van der Waals surface area (Å²) >= 11 is 0. The molecule has 2 N–H and O–H groups in total. The number of carbonyl (C=O) groups is 1. The molecule has 0 fully saturated rings. The van der Waals surface area contributed by atoms with Gasteiger partial charge in [-0.1, -0.05) is 6.07 Å². The van der Waals surface area contributed by atoms with Crippen LogP contribution in [0.15, 0.2) is 18.2 Å². The Bertz CT molecular complexity index is 273. The van der Waals surface area contributed by atoms with Crippen LogP contribution in [0, 0.1) is 6.92 Å². The van der Waals surface area contributed by atoms with Crippen LogP contribution >= 0.6 is 0 Å². The Morgan fingerprint density at radius 3 is 2.91 bits per heavy atom. The molecule has 0 aliphatic rings. The monoisotopic (exact) mass is 152 g/mol. The molecule has 0 saturated heterocycles. The Morgan fingerprint density at radius 1 is 1.64 bits per heavy atom. The maximum atomic E-state index is 10.2. The first-order valence-corrected chi connectivity index (χ1v) is 3.09. The van der Waals surface area contributed by atoms with Gasteiger partial charge in [0.2, 0.25) is 5.88 Å². The zero-order valence-corrected chi connectivity index (χ0v) is 6.07. The van der Waals surface area contributed by atoms with Gasteiger partial charge in [0, 0.05) is 11.8 Å². The van der Waals surface area contributed by atoms with E-state index in [2.05, 4.69) is 9.72 Å². The van der Waals surface area contributed by atoms with Crippen LogP contribution in [0.3, 0.4) is 0 Å². The third kappa shape index (κ3) is 2.25. The summed E-state index contributed by atoms with van der Waals surface area (Å²) in [5.41, 5.74) is 5.55. The summed E-state index contributed by atoms with van der Waals surface area (Å²) in [5, 5.41) is 0. The lowest BCUT2D eigenvalue weighted by Gasteiger charge is -1.98. The molecule has 0 atom stereocenters. The van der Waals surface area contributed by atoms with Crippen LogP contribution in [0.4, 0.5) is 4.79 Å². The fraction of sp³-hybridized carbons (Fsp3) is 0.143. The highest BCUT2D eigenvalue weighted by Gasteiger charge is 1.98. The molecule has 0 bridgehead atoms. The summed E-state index contributed by atoms with van der Waals surface area (Å²) in [5.74, 6) is 0.234. The predicted octanol–water partition coefficient (Wildman–Crippen LogP) is 0.848. The van der Waals surface area contributed by atoms with E-state index in [4.69, 9.17) is 5.73 Å². The standard InChI is InChI=1S/C7H8N2O2/c1-5-3-2-4-6(9-5)11-7(8)10/h2-4H,1H3,(H2,8,10). The largest absolute Gasteiger partial charge is 0.411 e. The molecule has 4 nitrogen and oxygen atoms in total. The Hall–Kier alpha value is -1.58. The minimum atomic E-state index is -0.844. The van der Waals surface area contributed by atoms with Gasteiger partial charge in [0.15, 0.2) is 0 Å². The Balaban J connectivity index is 2.79. The smallest absolute Gasteiger partial charge is 0.391 e. The number of ether oxygens (including phenoxy) is 1. The van der Waals surface area contributed by atoms with E-state index < -0.39 is 6.09 Å². The Morgan fingerprint density at radius 2 is 2.36 bits per heavy atom. The zero-order chi connectivity index (χ0) is 8.27. The summed E-state index contributed by atoms with van der Waals surface area (Å²) in [6.07, 6.45) is -0.844. The van der Waals surface area contributed by atoms with Gasteiger partial charge in [-0.3, -0.25) is 0 Å². The van der Waals surface area contributed by atoms with Gasteiger partial charge in [0.05, 0.1) is 0 Å². The number of hydrogen-bond acceptors (Lipinski definition) is 3. The molecule has 1 amide bonds. The van der Waals surface area contributed by atoms with Crippen molar-refractivity contribution < 1.29 is 9.53 Å². The number of aryl methyl sites for hydroxylation is 1. The van der Waals surface area contributed by atoms with Crippen molar-refractivity contribution in [2.75, 3.05) is 0 Å². The molecule has 0 unspecified atom stereocenters. The quantitative estimate of drug-likeness (QED) is 0.648. The second kappa shape index (κ2) is 3.01. The van der Waals surface area contributed by atoms with Crippen LogP contribution in [0.2, 0.25) is 0 Å². The van der Waals surface area contributed by atoms with Crippen molar-refractivity contribution in [1.82, 2.24) is 4.98 Å². The van der Waals surface area contributed by atoms with Gasteiger partial charge in [0.1, 0.15) is 0 Å². The van der Waals surface area contributed by atoms with Gasteiger partial charge < -0.3 is 10.5 Å². The maximum Gasteiger partial charge on any atom is 0.411 e. The second-order valence-corrected chi connectivity index (χ2v) is 2.04. The van der Waals surface area contributed by atoms with Crippen LogP contribution in [0.1, 0.15) is 5.69 Å². The zero-order valence-electron chi connectivity index (χ0n) is 6.07. The number of pyridine rings is 1. The molecular formula is C7H8N2O2. The van der Waals surface area contributed by atoms with E-state index in [1.807, 2.05) is 0 Å². The average Bonchev–Trinajstić information content (AvgIpc) is 1.85. The third-order valence-electron chi connectivity index (χ3n) is 1.07. The van der Waals surface area contributed by atoms with Gasteiger partial charge in [-0.15, -0.1) is 0 Å². The molecule has 58 valence electrons. The number of carbonyl (C=O) groups excluding carboxylic acids is 1. The molecule has 1 rings (SSSR count). The van der Waals surface area contributed by atoms with Crippen molar-refractivity contribution in [3.8, 4) is 5.88 Å². The molecule has 1 heterocycles. The van der Waals surface area contributed by atoms with Crippen molar-refractivity contribution in [3.63, 3.8) is 0 Å². The summed E-state index contributed by atoms with van der Waals surface area (Å²) in [6.45, 7) is 1.80. The van der Waals surface area contributed by atoms with Crippen LogP contribution < -0.4 is 10.5 Å². The molecule has 11 heavy (non-hydrogen) atoms. The van der Waals surface area contributed by atoms with E-state index in [1.54, 1.807) is 25.1 Å². The first-order chi connectivity index (χ1) is 5.18. The van der Waals surface area contributed by atoms with E-state index in [0.717, 1.165) is 5.69 Å². The van der Waals surface area contributed by atoms with Crippen LogP contribution in [0.5, 0.6) is 5.88 Å². The highest BCUT2D eigenvalue weighted by Crippen LogP contribution is 2.05. The predicted molar refractivity (Wildman–Crippen MR) is 39.2 cm³/mol. The Kier molecular flexibility index (Phi) is 2.06. The molecule has 0 spiro atoms. The van der Waals surface area contributed by atoms with Crippen molar-refractivity contribution in [1.29, 1.82) is 0 Å². The number of nitrogens with two attached hydrogens (primary N) is 1. The summed E-state index contributed by atoms with van der Waals surface area (Å²) < 4.78 is 4.52. The van der Waals surface area contributed by atoms with Gasteiger partial charge in [-0.25, -0.2) is 9.78 Å². The van der Waals surface area contributed by atoms with Crippen molar-refractivity contribution >= 4 is 6.09 Å². The minimum Gasteiger partial charge on any atom is -0.391 e. The molecule has 0 radical (unpaired) electrons. The van der Waals surface area contributed by atoms with Gasteiger partial charge in [0.25, 0.3) is 0 Å². The average molecular weight is 152 g/mol. The minimum absolute atomic E-state index is 0.234. The SMILES string of the molecule is Cc1cccc(OC(N)=O)n1. The first-order valence-electron chi connectivity index (χ1n) is 3.09. The number of hydrogen-bond donors (Lipinski definition) is 1. The molecule has 0 saturated carbocycles. The van der Waals surface area contributed by atoms with Crippen LogP contribution in [-0.2, 0) is 0 Å². The highest BCUT2D eigenvalue weighted by atomic mass is 16.6. The number of aromatic nitrogens is 1. The number of primary amides is 1. The molecule has 0 aliphatic carbocycles. The van der Waals surface area contributed by atoms with Gasteiger partial charge >= 0.3 is 6.09 Å². The molecule has 0 aliphatic heterocycles. The topological polar surface area (TPSA) is 65.2 Å². The summed E-state index contributed by atoms with van der Waals surface area (Å²) in [6, 6.07) is 5.10. The van der Waals surface area contributed by atoms with E-state index in [0.29, 0.717) is 0 Å². The van der Waals surface area contributed by atoms with E-state index in [9.17, 15) is 4.79 Å². The second-order valence-electron chi connectivity index (χ2n) is 2.04. The fourth-order valence-corrected chi connectivity index (χ4v) is 0.678. The number of amides is 1. The lowest BCUT2D eigenvalue weighted by Crippen LogP contribution is -2.16. The lowest BCUT2D eigenvalue weighted by atomic mass is 10.4. The normalized spacial score (nSPS) is 9.18. The third-order valence-corrected chi connectivity index (χ3v) is 1.07. The molecule has 0 aromatic carbocycles. The van der Waals surface area contributed by atoms with E-state index in [-0.39, 0.29) is 5.88 Å². The summed E-state index contributed by atoms with van der Waals surface area (Å²) in [4.78, 5) is 14.1. The van der Waals surface area contributed by atoms with E-state index in [1.165, 1.54) is 0 Å². The van der Waals surface area contributed by atoms with Gasteiger partial charge in [-0.05, 0) is 13.0 Å². The molecule has 1 aromatic rings. The summed E-state index contributed by atoms with van der Waals surface area (Å²) in [7, 11) is 0. The van der Waals surface area contributed by atoms with Gasteiger partial charge in [-0.2, -0.15) is 0 Å². The maximum absolute atomic E-state index is 10.2. The number of nitrogens with zero attached hydrogens (tertiary/aromatic N) is 1. The van der Waals surface area contributed by atoms with Crippen LogP contribution in [-0.4, -0.2) is 11.1 Å². The number of rotatable bonds is 1. The first kappa shape index (κ1) is 7.53. The van der Waals surface area contributed by atoms with E-state index >= 15 is 0 Å². The molecular weight excluding hydrogens is 144 g/mol.